The summed E-state index contributed by atoms with van der Waals surface area (Å²) < 4.78 is 32.8. The Morgan fingerprint density at radius 3 is 2.87 bits per heavy atom. The molecule has 3 heterocycles. The van der Waals surface area contributed by atoms with Crippen molar-refractivity contribution < 1.29 is 18.3 Å². The number of carbonyl (C=O) groups is 1. The van der Waals surface area contributed by atoms with Crippen LogP contribution < -0.4 is 15.8 Å². The molecule has 1 atom stereocenters. The van der Waals surface area contributed by atoms with Gasteiger partial charge in [0.15, 0.2) is 21.3 Å². The number of rotatable bonds is 7. The number of amides is 1. The number of nitrogens with one attached hydrogen (secondary N) is 2. The minimum atomic E-state index is -3.43. The number of halogens is 2. The molecule has 11 heteroatoms. The molecule has 1 amide bonds. The van der Waals surface area contributed by atoms with E-state index < -0.39 is 30.0 Å². The van der Waals surface area contributed by atoms with Gasteiger partial charge in [0.1, 0.15) is 12.6 Å². The van der Waals surface area contributed by atoms with Crippen LogP contribution in [0, 0.1) is 0 Å². The summed E-state index contributed by atoms with van der Waals surface area (Å²) in [6.45, 7) is 0.0831. The van der Waals surface area contributed by atoms with E-state index in [1.807, 2.05) is 30.3 Å². The zero-order valence-electron chi connectivity index (χ0n) is 16.7. The lowest BCUT2D eigenvalue weighted by atomic mass is 10.2. The van der Waals surface area contributed by atoms with Gasteiger partial charge in [-0.25, -0.2) is 9.97 Å². The fourth-order valence-corrected chi connectivity index (χ4v) is 4.56. The first-order chi connectivity index (χ1) is 14.9. The van der Waals surface area contributed by atoms with E-state index in [1.54, 1.807) is 4.90 Å². The zero-order valence-corrected chi connectivity index (χ0v) is 17.5. The van der Waals surface area contributed by atoms with Crippen molar-refractivity contribution in [2.45, 2.75) is 31.4 Å². The largest absolute Gasteiger partial charge is 0.378 e. The Hall–Kier alpha value is -2.92. The average Bonchev–Trinajstić information content (AvgIpc) is 3.40. The molecule has 1 aromatic carbocycles. The Labute approximate surface area is 180 Å². The van der Waals surface area contributed by atoms with Gasteiger partial charge in [0.05, 0.1) is 0 Å². The third-order valence-electron chi connectivity index (χ3n) is 5.04. The van der Waals surface area contributed by atoms with Gasteiger partial charge in [-0.05, 0) is 18.4 Å². The Morgan fingerprint density at radius 1 is 1.35 bits per heavy atom. The number of nitrogens with zero attached hydrogens (tertiary/aromatic N) is 3. The lowest BCUT2D eigenvalue weighted by Gasteiger charge is -2.23. The Bertz CT molecular complexity index is 1130. The highest BCUT2D eigenvalue weighted by molar-refractivity contribution is 7.21. The first-order valence-electron chi connectivity index (χ1n) is 9.75. The molecular formula is C20H21F2N5O3S. The van der Waals surface area contributed by atoms with Gasteiger partial charge in [-0.3, -0.25) is 9.59 Å². The van der Waals surface area contributed by atoms with Gasteiger partial charge >= 0.3 is 5.92 Å². The molecule has 3 aromatic rings. The summed E-state index contributed by atoms with van der Waals surface area (Å²) >= 11 is 1.02. The van der Waals surface area contributed by atoms with Crippen LogP contribution in [0.1, 0.15) is 24.2 Å². The number of ether oxygens (including phenoxy) is 1. The maximum absolute atomic E-state index is 14.1. The van der Waals surface area contributed by atoms with Crippen LogP contribution in [0.15, 0.2) is 35.1 Å². The van der Waals surface area contributed by atoms with Crippen molar-refractivity contribution >= 4 is 32.7 Å². The molecule has 0 saturated carbocycles. The van der Waals surface area contributed by atoms with E-state index in [4.69, 9.17) is 0 Å². The monoisotopic (exact) mass is 449 g/mol. The molecule has 1 fully saturated rings. The predicted octanol–water partition coefficient (Wildman–Crippen LogP) is 2.40. The van der Waals surface area contributed by atoms with E-state index >= 15 is 0 Å². The van der Waals surface area contributed by atoms with Crippen LogP contribution in [0.3, 0.4) is 0 Å². The van der Waals surface area contributed by atoms with Gasteiger partial charge in [0.25, 0.3) is 5.56 Å². The molecule has 2 aromatic heterocycles. The number of anilines is 1. The van der Waals surface area contributed by atoms with E-state index in [0.29, 0.717) is 24.6 Å². The summed E-state index contributed by atoms with van der Waals surface area (Å²) in [7, 11) is 1.14. The topological polar surface area (TPSA) is 100 Å². The van der Waals surface area contributed by atoms with Gasteiger partial charge in [0.2, 0.25) is 5.91 Å². The summed E-state index contributed by atoms with van der Waals surface area (Å²) in [6, 6.07) is 9.12. The quantitative estimate of drug-likeness (QED) is 0.575. The standard InChI is InChI=1S/C20H21F2N5O3S/c1-30-11-20(21,22)18-25-16(29)14-17(26-18)31-19(24-14)27-9-5-8-13(27)15(28)23-10-12-6-3-2-4-7-12/h2-4,6-7,13H,5,8-11H2,1H3,(H,23,28)(H,25,26,29). The number of hydrogen-bond donors (Lipinski definition) is 2. The van der Waals surface area contributed by atoms with Crippen LogP contribution in [0.2, 0.25) is 0 Å². The maximum atomic E-state index is 14.1. The van der Waals surface area contributed by atoms with Crippen LogP contribution in [0.4, 0.5) is 13.9 Å². The maximum Gasteiger partial charge on any atom is 0.327 e. The van der Waals surface area contributed by atoms with E-state index in [-0.39, 0.29) is 16.3 Å². The van der Waals surface area contributed by atoms with E-state index in [2.05, 4.69) is 25.0 Å². The lowest BCUT2D eigenvalue weighted by Crippen LogP contribution is -2.43. The van der Waals surface area contributed by atoms with Crippen LogP contribution >= 0.6 is 11.3 Å². The number of aromatic nitrogens is 3. The number of thiazole rings is 1. The molecule has 4 rings (SSSR count). The minimum absolute atomic E-state index is 0.0210. The van der Waals surface area contributed by atoms with E-state index in [9.17, 15) is 18.4 Å². The number of hydrogen-bond acceptors (Lipinski definition) is 7. The Kier molecular flexibility index (Phi) is 5.96. The Morgan fingerprint density at radius 2 is 2.13 bits per heavy atom. The highest BCUT2D eigenvalue weighted by atomic mass is 32.1. The van der Waals surface area contributed by atoms with Crippen LogP contribution in [-0.2, 0) is 22.0 Å². The van der Waals surface area contributed by atoms with E-state index in [0.717, 1.165) is 30.4 Å². The van der Waals surface area contributed by atoms with Crippen molar-refractivity contribution in [3.05, 3.63) is 52.1 Å². The lowest BCUT2D eigenvalue weighted by molar-refractivity contribution is -0.122. The van der Waals surface area contributed by atoms with Gasteiger partial charge in [-0.2, -0.15) is 8.78 Å². The second-order valence-corrected chi connectivity index (χ2v) is 8.21. The minimum Gasteiger partial charge on any atom is -0.378 e. The number of carbonyl (C=O) groups excluding carboxylic acids is 1. The predicted molar refractivity (Wildman–Crippen MR) is 112 cm³/mol. The average molecular weight is 449 g/mol. The normalized spacial score (nSPS) is 16.7. The molecule has 1 aliphatic heterocycles. The molecule has 0 aliphatic carbocycles. The van der Waals surface area contributed by atoms with Gasteiger partial charge < -0.3 is 19.9 Å². The molecule has 164 valence electrons. The summed E-state index contributed by atoms with van der Waals surface area (Å²) in [5, 5.41) is 3.34. The van der Waals surface area contributed by atoms with Crippen molar-refractivity contribution in [2.75, 3.05) is 25.2 Å². The summed E-state index contributed by atoms with van der Waals surface area (Å²) in [5.74, 6) is -4.34. The summed E-state index contributed by atoms with van der Waals surface area (Å²) in [4.78, 5) is 37.3. The van der Waals surface area contributed by atoms with Crippen molar-refractivity contribution in [3.63, 3.8) is 0 Å². The molecule has 8 nitrogen and oxygen atoms in total. The van der Waals surface area contributed by atoms with Crippen molar-refractivity contribution in [1.29, 1.82) is 0 Å². The molecule has 2 N–H and O–H groups in total. The second-order valence-electron chi connectivity index (χ2n) is 7.26. The number of aromatic amines is 1. The molecular weight excluding hydrogens is 428 g/mol. The first-order valence-corrected chi connectivity index (χ1v) is 10.6. The van der Waals surface area contributed by atoms with Crippen molar-refractivity contribution in [2.24, 2.45) is 0 Å². The van der Waals surface area contributed by atoms with E-state index in [1.165, 1.54) is 0 Å². The number of fused-ring (bicyclic) bond motifs is 1. The smallest absolute Gasteiger partial charge is 0.327 e. The summed E-state index contributed by atoms with van der Waals surface area (Å²) in [5.41, 5.74) is 0.218. The molecule has 1 aliphatic rings. The third kappa shape index (κ3) is 4.42. The van der Waals surface area contributed by atoms with Crippen LogP contribution in [0.25, 0.3) is 10.3 Å². The highest BCUT2D eigenvalue weighted by Crippen LogP contribution is 2.33. The molecule has 0 spiro atoms. The fraction of sp³-hybridized carbons (Fsp3) is 0.400. The zero-order chi connectivity index (χ0) is 22.0. The molecule has 0 bridgehead atoms. The van der Waals surface area contributed by atoms with Crippen LogP contribution in [-0.4, -0.2) is 47.2 Å². The fourth-order valence-electron chi connectivity index (χ4n) is 3.54. The number of alkyl halides is 2. The van der Waals surface area contributed by atoms with Crippen LogP contribution in [0.5, 0.6) is 0 Å². The van der Waals surface area contributed by atoms with Gasteiger partial charge in [0, 0.05) is 20.2 Å². The molecule has 31 heavy (non-hydrogen) atoms. The highest BCUT2D eigenvalue weighted by Gasteiger charge is 2.37. The number of benzene rings is 1. The SMILES string of the molecule is COCC(F)(F)c1nc2sc(N3CCCC3C(=O)NCc3ccccc3)nc2c(=O)[nH]1. The van der Waals surface area contributed by atoms with Crippen molar-refractivity contribution in [1.82, 2.24) is 20.3 Å². The number of methoxy groups -OCH3 is 1. The molecule has 1 saturated heterocycles. The molecule has 1 unspecified atom stereocenters. The van der Waals surface area contributed by atoms with Crippen molar-refractivity contribution in [3.8, 4) is 0 Å². The third-order valence-corrected chi connectivity index (χ3v) is 6.03. The summed E-state index contributed by atoms with van der Waals surface area (Å²) in [6.07, 6.45) is 1.41. The Balaban J connectivity index is 1.56. The first kappa shape index (κ1) is 21.3. The van der Waals surface area contributed by atoms with Gasteiger partial charge in [-0.15, -0.1) is 0 Å². The molecule has 0 radical (unpaired) electrons. The second kappa shape index (κ2) is 8.67. The van der Waals surface area contributed by atoms with Gasteiger partial charge in [-0.1, -0.05) is 41.7 Å². The number of H-pyrrole nitrogens is 1.